The molecule has 0 bridgehead atoms. The van der Waals surface area contributed by atoms with Crippen LogP contribution in [0.1, 0.15) is 37.1 Å². The molecule has 1 saturated carbocycles. The van der Waals surface area contributed by atoms with E-state index in [1.807, 2.05) is 12.1 Å². The first-order valence-electron chi connectivity index (χ1n) is 7.75. The average molecular weight is 320 g/mol. The minimum absolute atomic E-state index is 0.254. The molecule has 0 spiro atoms. The number of hydrogen-bond donors (Lipinski definition) is 2. The maximum absolute atomic E-state index is 9.06. The highest BCUT2D eigenvalue weighted by Crippen LogP contribution is 2.24. The van der Waals surface area contributed by atoms with Crippen molar-refractivity contribution in [3.8, 4) is 12.1 Å². The molecule has 0 aliphatic heterocycles. The van der Waals surface area contributed by atoms with Crippen LogP contribution >= 0.6 is 0 Å². The van der Waals surface area contributed by atoms with Gasteiger partial charge in [-0.1, -0.05) is 0 Å². The molecular weight excluding hydrogens is 304 g/mol. The molecule has 8 nitrogen and oxygen atoms in total. The maximum Gasteiger partial charge on any atom is 0.182 e. The van der Waals surface area contributed by atoms with Gasteiger partial charge < -0.3 is 10.6 Å². The third-order valence-corrected chi connectivity index (χ3v) is 4.02. The van der Waals surface area contributed by atoms with Gasteiger partial charge in [-0.3, -0.25) is 0 Å². The Hall–Kier alpha value is -3.26. The van der Waals surface area contributed by atoms with E-state index in [0.717, 1.165) is 25.7 Å². The molecule has 0 saturated heterocycles. The Morgan fingerprint density at radius 2 is 1.08 bits per heavy atom. The molecule has 0 aromatic carbocycles. The van der Waals surface area contributed by atoms with Crippen molar-refractivity contribution in [1.82, 2.24) is 19.9 Å². The zero-order chi connectivity index (χ0) is 16.8. The highest BCUT2D eigenvalue weighted by molar-refractivity contribution is 5.48. The van der Waals surface area contributed by atoms with E-state index in [4.69, 9.17) is 10.5 Å². The largest absolute Gasteiger partial charge is 0.365 e. The number of rotatable bonds is 4. The molecule has 0 radical (unpaired) electrons. The van der Waals surface area contributed by atoms with Gasteiger partial charge in [0.05, 0.1) is 0 Å². The first kappa shape index (κ1) is 15.6. The van der Waals surface area contributed by atoms with Gasteiger partial charge in [-0.25, -0.2) is 19.9 Å². The zero-order valence-electron chi connectivity index (χ0n) is 13.0. The summed E-state index contributed by atoms with van der Waals surface area (Å²) >= 11 is 0. The van der Waals surface area contributed by atoms with Crippen LogP contribution in [0, 0.1) is 22.7 Å². The molecule has 0 atom stereocenters. The van der Waals surface area contributed by atoms with E-state index in [1.165, 1.54) is 12.4 Å². The van der Waals surface area contributed by atoms with E-state index >= 15 is 0 Å². The predicted molar refractivity (Wildman–Crippen MR) is 86.8 cm³/mol. The Bertz CT molecular complexity index is 716. The van der Waals surface area contributed by atoms with Gasteiger partial charge >= 0.3 is 0 Å². The van der Waals surface area contributed by atoms with Gasteiger partial charge in [0.2, 0.25) is 0 Å². The lowest BCUT2D eigenvalue weighted by Gasteiger charge is -2.30. The Balaban J connectivity index is 1.56. The molecule has 24 heavy (non-hydrogen) atoms. The minimum atomic E-state index is 0.254. The molecule has 3 rings (SSSR count). The number of nitrogens with zero attached hydrogens (tertiary/aromatic N) is 6. The lowest BCUT2D eigenvalue weighted by atomic mass is 9.91. The first-order valence-corrected chi connectivity index (χ1v) is 7.75. The highest BCUT2D eigenvalue weighted by Gasteiger charge is 2.23. The standard InChI is InChI=1S/C16H16N8/c17-9-13-15(21-7-5-19-13)23-11-1-2-12(4-3-11)24-16-14(10-18)20-6-8-22-16/h5-8,11-12H,1-4H2,(H,21,23)(H,22,24). The van der Waals surface area contributed by atoms with Crippen LogP contribution < -0.4 is 10.6 Å². The van der Waals surface area contributed by atoms with Gasteiger partial charge in [0.15, 0.2) is 23.0 Å². The summed E-state index contributed by atoms with van der Waals surface area (Å²) in [6.07, 6.45) is 9.91. The van der Waals surface area contributed by atoms with E-state index < -0.39 is 0 Å². The van der Waals surface area contributed by atoms with Crippen molar-refractivity contribution in [1.29, 1.82) is 10.5 Å². The Labute approximate surface area is 139 Å². The normalized spacial score (nSPS) is 19.8. The van der Waals surface area contributed by atoms with Crippen molar-refractivity contribution in [2.45, 2.75) is 37.8 Å². The topological polar surface area (TPSA) is 123 Å². The van der Waals surface area contributed by atoms with Crippen LogP contribution in [0.4, 0.5) is 11.6 Å². The van der Waals surface area contributed by atoms with Crippen molar-refractivity contribution in [2.75, 3.05) is 10.6 Å². The smallest absolute Gasteiger partial charge is 0.182 e. The van der Waals surface area contributed by atoms with Crippen LogP contribution in [0.15, 0.2) is 24.8 Å². The van der Waals surface area contributed by atoms with E-state index in [-0.39, 0.29) is 12.1 Å². The van der Waals surface area contributed by atoms with Crippen molar-refractivity contribution in [3.63, 3.8) is 0 Å². The van der Waals surface area contributed by atoms with Crippen molar-refractivity contribution < 1.29 is 0 Å². The SMILES string of the molecule is N#Cc1nccnc1NC1CCC(Nc2nccnc2C#N)CC1. The van der Waals surface area contributed by atoms with Crippen LogP contribution in [-0.4, -0.2) is 32.0 Å². The van der Waals surface area contributed by atoms with Gasteiger partial charge in [0.1, 0.15) is 12.1 Å². The average Bonchev–Trinajstić information content (AvgIpc) is 2.64. The Kier molecular flexibility index (Phi) is 4.78. The summed E-state index contributed by atoms with van der Waals surface area (Å²) in [6.45, 7) is 0. The first-order chi connectivity index (χ1) is 11.8. The molecule has 1 aliphatic rings. The molecule has 2 N–H and O–H groups in total. The number of anilines is 2. The van der Waals surface area contributed by atoms with Crippen LogP contribution in [-0.2, 0) is 0 Å². The molecule has 2 aromatic heterocycles. The van der Waals surface area contributed by atoms with Crippen LogP contribution in [0.5, 0.6) is 0 Å². The molecule has 0 unspecified atom stereocenters. The number of aromatic nitrogens is 4. The summed E-state index contributed by atoms with van der Waals surface area (Å²) in [5.74, 6) is 1.08. The van der Waals surface area contributed by atoms with Crippen LogP contribution in [0.2, 0.25) is 0 Å². The van der Waals surface area contributed by atoms with E-state index in [0.29, 0.717) is 23.0 Å². The predicted octanol–water partition coefficient (Wildman–Crippen LogP) is 1.85. The summed E-state index contributed by atoms with van der Waals surface area (Å²) < 4.78 is 0. The molecule has 1 aliphatic carbocycles. The van der Waals surface area contributed by atoms with Gasteiger partial charge in [-0.05, 0) is 25.7 Å². The third kappa shape index (κ3) is 3.55. The zero-order valence-corrected chi connectivity index (χ0v) is 13.0. The minimum Gasteiger partial charge on any atom is -0.365 e. The Morgan fingerprint density at radius 1 is 0.708 bits per heavy atom. The van der Waals surface area contributed by atoms with Gasteiger partial charge in [0, 0.05) is 36.9 Å². The van der Waals surface area contributed by atoms with Crippen molar-refractivity contribution >= 4 is 11.6 Å². The molecule has 8 heteroatoms. The second-order valence-corrected chi connectivity index (χ2v) is 5.57. The van der Waals surface area contributed by atoms with Gasteiger partial charge in [0.25, 0.3) is 0 Å². The number of nitriles is 2. The van der Waals surface area contributed by atoms with Crippen LogP contribution in [0.25, 0.3) is 0 Å². The second-order valence-electron chi connectivity index (χ2n) is 5.57. The fraction of sp³-hybridized carbons (Fsp3) is 0.375. The quantitative estimate of drug-likeness (QED) is 0.874. The van der Waals surface area contributed by atoms with E-state index in [9.17, 15) is 0 Å². The molecule has 2 heterocycles. The number of hydrogen-bond acceptors (Lipinski definition) is 8. The summed E-state index contributed by atoms with van der Waals surface area (Å²) in [5.41, 5.74) is 0.631. The lowest BCUT2D eigenvalue weighted by Crippen LogP contribution is -2.33. The fourth-order valence-corrected chi connectivity index (χ4v) is 2.82. The molecule has 1 fully saturated rings. The Morgan fingerprint density at radius 3 is 1.46 bits per heavy atom. The summed E-state index contributed by atoms with van der Waals surface area (Å²) in [7, 11) is 0. The van der Waals surface area contributed by atoms with Crippen molar-refractivity contribution in [2.24, 2.45) is 0 Å². The molecule has 120 valence electrons. The lowest BCUT2D eigenvalue weighted by molar-refractivity contribution is 0.427. The third-order valence-electron chi connectivity index (χ3n) is 4.02. The fourth-order valence-electron chi connectivity index (χ4n) is 2.82. The highest BCUT2D eigenvalue weighted by atomic mass is 15.1. The maximum atomic E-state index is 9.06. The van der Waals surface area contributed by atoms with Gasteiger partial charge in [-0.15, -0.1) is 0 Å². The number of nitrogens with one attached hydrogen (secondary N) is 2. The van der Waals surface area contributed by atoms with Gasteiger partial charge in [-0.2, -0.15) is 10.5 Å². The monoisotopic (exact) mass is 320 g/mol. The summed E-state index contributed by atoms with van der Waals surface area (Å²) in [5, 5.41) is 24.7. The summed E-state index contributed by atoms with van der Waals surface area (Å²) in [6, 6.07) is 4.60. The summed E-state index contributed by atoms with van der Waals surface area (Å²) in [4.78, 5) is 16.4. The van der Waals surface area contributed by atoms with Crippen molar-refractivity contribution in [3.05, 3.63) is 36.2 Å². The second kappa shape index (κ2) is 7.34. The molecule has 2 aromatic rings. The van der Waals surface area contributed by atoms with E-state index in [1.54, 1.807) is 12.4 Å². The van der Waals surface area contributed by atoms with Crippen LogP contribution in [0.3, 0.4) is 0 Å². The molecular formula is C16H16N8. The molecule has 0 amide bonds. The van der Waals surface area contributed by atoms with E-state index in [2.05, 4.69) is 30.6 Å².